The molecule has 2 aromatic rings. The van der Waals surface area contributed by atoms with Crippen LogP contribution in [0.1, 0.15) is 50.9 Å². The zero-order valence-corrected chi connectivity index (χ0v) is 13.5. The van der Waals surface area contributed by atoms with Crippen molar-refractivity contribution in [2.45, 2.75) is 25.7 Å². The molecule has 0 bridgehead atoms. The van der Waals surface area contributed by atoms with Crippen molar-refractivity contribution in [1.29, 1.82) is 0 Å². The van der Waals surface area contributed by atoms with E-state index in [2.05, 4.69) is 10.2 Å². The van der Waals surface area contributed by atoms with Gasteiger partial charge in [0.05, 0.1) is 9.75 Å². The minimum atomic E-state index is -0.000319. The summed E-state index contributed by atoms with van der Waals surface area (Å²) in [5.74, 6) is 1.15. The van der Waals surface area contributed by atoms with Crippen molar-refractivity contribution in [2.75, 3.05) is 13.1 Å². The van der Waals surface area contributed by atoms with Crippen molar-refractivity contribution in [1.82, 2.24) is 19.7 Å². The third kappa shape index (κ3) is 2.81. The van der Waals surface area contributed by atoms with Gasteiger partial charge in [0.15, 0.2) is 5.78 Å². The Labute approximate surface area is 132 Å². The number of likely N-dealkylation sites (tertiary alicyclic amines) is 1. The maximum Gasteiger partial charge on any atom is 0.263 e. The Balaban J connectivity index is 1.75. The van der Waals surface area contributed by atoms with Gasteiger partial charge in [0, 0.05) is 26.1 Å². The summed E-state index contributed by atoms with van der Waals surface area (Å²) in [5.41, 5.74) is 0. The van der Waals surface area contributed by atoms with Gasteiger partial charge in [-0.3, -0.25) is 9.59 Å². The predicted molar refractivity (Wildman–Crippen MR) is 83.2 cm³/mol. The van der Waals surface area contributed by atoms with E-state index in [0.717, 1.165) is 25.2 Å². The van der Waals surface area contributed by atoms with Crippen molar-refractivity contribution in [2.24, 2.45) is 7.05 Å². The molecule has 0 N–H and O–H groups in total. The molecule has 22 heavy (non-hydrogen) atoms. The minimum absolute atomic E-state index is 0.000319. The zero-order valence-electron chi connectivity index (χ0n) is 12.7. The van der Waals surface area contributed by atoms with Crippen LogP contribution in [0.4, 0.5) is 0 Å². The summed E-state index contributed by atoms with van der Waals surface area (Å²) >= 11 is 1.27. The van der Waals surface area contributed by atoms with Crippen LogP contribution < -0.4 is 0 Å². The fourth-order valence-electron chi connectivity index (χ4n) is 2.83. The van der Waals surface area contributed by atoms with Crippen molar-refractivity contribution in [3.63, 3.8) is 0 Å². The van der Waals surface area contributed by atoms with Gasteiger partial charge in [-0.1, -0.05) is 0 Å². The number of aromatic nitrogens is 3. The highest BCUT2D eigenvalue weighted by Crippen LogP contribution is 2.27. The number of Topliss-reactive ketones (excluding diaryl/α,β-unsaturated/α-hetero) is 1. The molecular formula is C15H18N4O2S. The standard InChI is InChI=1S/C15H18N4O2S/c1-10(20)12-5-6-13(22-12)15(21)19-7-3-4-11(8-19)14-17-16-9-18(14)2/h5-6,9,11H,3-4,7-8H2,1-2H3. The molecule has 1 fully saturated rings. The quantitative estimate of drug-likeness (QED) is 0.813. The molecule has 1 atom stereocenters. The van der Waals surface area contributed by atoms with Gasteiger partial charge in [-0.25, -0.2) is 0 Å². The normalized spacial score (nSPS) is 18.5. The Morgan fingerprint density at radius 2 is 2.09 bits per heavy atom. The van der Waals surface area contributed by atoms with Gasteiger partial charge in [-0.2, -0.15) is 0 Å². The van der Waals surface area contributed by atoms with E-state index in [1.807, 2.05) is 16.5 Å². The SMILES string of the molecule is CC(=O)c1ccc(C(=O)N2CCCC(c3nncn3C)C2)s1. The first kappa shape index (κ1) is 14.9. The monoisotopic (exact) mass is 318 g/mol. The molecule has 1 aliphatic rings. The van der Waals surface area contributed by atoms with Crippen molar-refractivity contribution in [3.8, 4) is 0 Å². The largest absolute Gasteiger partial charge is 0.337 e. The highest BCUT2D eigenvalue weighted by atomic mass is 32.1. The molecule has 1 unspecified atom stereocenters. The second-order valence-corrected chi connectivity index (χ2v) is 6.69. The summed E-state index contributed by atoms with van der Waals surface area (Å²) in [6, 6.07) is 3.47. The van der Waals surface area contributed by atoms with Crippen molar-refractivity contribution in [3.05, 3.63) is 34.0 Å². The first-order chi connectivity index (χ1) is 10.6. The smallest absolute Gasteiger partial charge is 0.263 e. The lowest BCUT2D eigenvalue weighted by molar-refractivity contribution is 0.0708. The van der Waals surface area contributed by atoms with Crippen LogP contribution in [0.3, 0.4) is 0 Å². The fraction of sp³-hybridized carbons (Fsp3) is 0.467. The van der Waals surface area contributed by atoms with Crippen LogP contribution in [0.2, 0.25) is 0 Å². The second kappa shape index (κ2) is 6.00. The fourth-order valence-corrected chi connectivity index (χ4v) is 3.70. The molecular weight excluding hydrogens is 300 g/mol. The maximum atomic E-state index is 12.6. The van der Waals surface area contributed by atoms with E-state index < -0.39 is 0 Å². The summed E-state index contributed by atoms with van der Waals surface area (Å²) in [6.07, 6.45) is 3.65. The number of hydrogen-bond donors (Lipinski definition) is 0. The van der Waals surface area contributed by atoms with E-state index in [4.69, 9.17) is 0 Å². The molecule has 1 saturated heterocycles. The summed E-state index contributed by atoms with van der Waals surface area (Å²) < 4.78 is 1.91. The number of ketones is 1. The van der Waals surface area contributed by atoms with Crippen molar-refractivity contribution < 1.29 is 9.59 Å². The van der Waals surface area contributed by atoms with Crippen molar-refractivity contribution >= 4 is 23.0 Å². The van der Waals surface area contributed by atoms with Gasteiger partial charge in [0.25, 0.3) is 5.91 Å². The molecule has 3 rings (SSSR count). The Hall–Kier alpha value is -2.02. The third-order valence-electron chi connectivity index (χ3n) is 3.98. The van der Waals surface area contributed by atoms with Gasteiger partial charge >= 0.3 is 0 Å². The van der Waals surface area contributed by atoms with Gasteiger partial charge < -0.3 is 9.47 Å². The third-order valence-corrected chi connectivity index (χ3v) is 5.16. The molecule has 1 amide bonds. The van der Waals surface area contributed by atoms with Crippen LogP contribution in [-0.2, 0) is 7.05 Å². The number of thiophene rings is 1. The van der Waals surface area contributed by atoms with Crippen LogP contribution in [0.5, 0.6) is 0 Å². The van der Waals surface area contributed by atoms with Gasteiger partial charge in [-0.15, -0.1) is 21.5 Å². The first-order valence-corrected chi connectivity index (χ1v) is 8.12. The summed E-state index contributed by atoms with van der Waals surface area (Å²) in [7, 11) is 1.93. The van der Waals surface area contributed by atoms with E-state index in [1.54, 1.807) is 18.5 Å². The highest BCUT2D eigenvalue weighted by molar-refractivity contribution is 7.15. The van der Waals surface area contributed by atoms with E-state index in [-0.39, 0.29) is 17.6 Å². The molecule has 0 aliphatic carbocycles. The Kier molecular flexibility index (Phi) is 4.06. The molecule has 0 spiro atoms. The zero-order chi connectivity index (χ0) is 15.7. The van der Waals surface area contributed by atoms with Crippen LogP contribution in [0.15, 0.2) is 18.5 Å². The molecule has 7 heteroatoms. The number of carbonyl (C=O) groups excluding carboxylic acids is 2. The van der Waals surface area contributed by atoms with E-state index >= 15 is 0 Å². The van der Waals surface area contributed by atoms with E-state index in [1.165, 1.54) is 18.3 Å². The lowest BCUT2D eigenvalue weighted by Crippen LogP contribution is -2.39. The lowest BCUT2D eigenvalue weighted by atomic mass is 9.97. The maximum absolute atomic E-state index is 12.6. The van der Waals surface area contributed by atoms with E-state index in [9.17, 15) is 9.59 Å². The van der Waals surface area contributed by atoms with Crippen LogP contribution in [0, 0.1) is 0 Å². The van der Waals surface area contributed by atoms with E-state index in [0.29, 0.717) is 16.3 Å². The van der Waals surface area contributed by atoms with Gasteiger partial charge in [0.2, 0.25) is 0 Å². The number of amides is 1. The Bertz CT molecular complexity index is 706. The van der Waals surface area contributed by atoms with Gasteiger partial charge in [0.1, 0.15) is 12.2 Å². The average Bonchev–Trinajstić information content (AvgIpc) is 3.15. The first-order valence-electron chi connectivity index (χ1n) is 7.30. The molecule has 1 aliphatic heterocycles. The number of carbonyl (C=O) groups is 2. The Morgan fingerprint density at radius 3 is 2.73 bits per heavy atom. The Morgan fingerprint density at radius 1 is 1.32 bits per heavy atom. The molecule has 6 nitrogen and oxygen atoms in total. The second-order valence-electron chi connectivity index (χ2n) is 5.61. The summed E-state index contributed by atoms with van der Waals surface area (Å²) in [4.78, 5) is 27.1. The topological polar surface area (TPSA) is 68.1 Å². The number of piperidine rings is 1. The lowest BCUT2D eigenvalue weighted by Gasteiger charge is -2.31. The molecule has 0 aromatic carbocycles. The molecule has 0 radical (unpaired) electrons. The van der Waals surface area contributed by atoms with Crippen LogP contribution >= 0.6 is 11.3 Å². The molecule has 2 aromatic heterocycles. The molecule has 3 heterocycles. The number of rotatable bonds is 3. The number of hydrogen-bond acceptors (Lipinski definition) is 5. The average molecular weight is 318 g/mol. The van der Waals surface area contributed by atoms with Gasteiger partial charge in [-0.05, 0) is 31.9 Å². The highest BCUT2D eigenvalue weighted by Gasteiger charge is 2.28. The molecule has 0 saturated carbocycles. The predicted octanol–water partition coefficient (Wildman–Crippen LogP) is 2.10. The summed E-state index contributed by atoms with van der Waals surface area (Å²) in [6.45, 7) is 2.92. The number of aryl methyl sites for hydroxylation is 1. The molecule has 116 valence electrons. The van der Waals surface area contributed by atoms with Crippen LogP contribution in [-0.4, -0.2) is 44.4 Å². The summed E-state index contributed by atoms with van der Waals surface area (Å²) in [5, 5.41) is 8.09. The minimum Gasteiger partial charge on any atom is -0.337 e. The van der Waals surface area contributed by atoms with Crippen LogP contribution in [0.25, 0.3) is 0 Å². The number of nitrogens with zero attached hydrogens (tertiary/aromatic N) is 4.